The van der Waals surface area contributed by atoms with Crippen LogP contribution in [-0.4, -0.2) is 48.6 Å². The minimum atomic E-state index is 0.632. The summed E-state index contributed by atoms with van der Waals surface area (Å²) in [6.45, 7) is 7.82. The number of rotatable bonds is 4. The quantitative estimate of drug-likeness (QED) is 0.895. The van der Waals surface area contributed by atoms with Crippen LogP contribution in [0.1, 0.15) is 31.3 Å². The lowest BCUT2D eigenvalue weighted by atomic mass is 10.1. The van der Waals surface area contributed by atoms with Crippen LogP contribution in [0.5, 0.6) is 0 Å². The second kappa shape index (κ2) is 5.65. The lowest BCUT2D eigenvalue weighted by Crippen LogP contribution is -2.54. The smallest absolute Gasteiger partial charge is 0.118 e. The Morgan fingerprint density at radius 3 is 3.00 bits per heavy atom. The standard InChI is InChI=1S/C15H25N3O/c1-12-9-17-7-3-4-13(17)10-18(12)11-15-6-5-14(19-15)8-16-2/h5-6,12-13,16H,3-4,7-11H2,1-2H3. The first-order valence-corrected chi connectivity index (χ1v) is 7.46. The normalized spacial score (nSPS) is 28.7. The Morgan fingerprint density at radius 1 is 1.32 bits per heavy atom. The number of hydrogen-bond donors (Lipinski definition) is 1. The first-order chi connectivity index (χ1) is 9.26. The molecule has 4 heteroatoms. The van der Waals surface area contributed by atoms with E-state index in [1.165, 1.54) is 32.5 Å². The van der Waals surface area contributed by atoms with Crippen LogP contribution in [0.25, 0.3) is 0 Å². The second-order valence-electron chi connectivity index (χ2n) is 5.97. The predicted octanol–water partition coefficient (Wildman–Crippen LogP) is 1.67. The summed E-state index contributed by atoms with van der Waals surface area (Å²) >= 11 is 0. The van der Waals surface area contributed by atoms with Crippen LogP contribution in [0.2, 0.25) is 0 Å². The summed E-state index contributed by atoms with van der Waals surface area (Å²) in [5.74, 6) is 2.13. The van der Waals surface area contributed by atoms with Crippen molar-refractivity contribution in [1.29, 1.82) is 0 Å². The Bertz CT molecular complexity index is 417. The van der Waals surface area contributed by atoms with E-state index >= 15 is 0 Å². The Kier molecular flexibility index (Phi) is 3.91. The molecule has 1 N–H and O–H groups in total. The third-order valence-corrected chi connectivity index (χ3v) is 4.49. The van der Waals surface area contributed by atoms with Gasteiger partial charge >= 0.3 is 0 Å². The van der Waals surface area contributed by atoms with Gasteiger partial charge in [-0.15, -0.1) is 0 Å². The van der Waals surface area contributed by atoms with Gasteiger partial charge in [0.2, 0.25) is 0 Å². The maximum Gasteiger partial charge on any atom is 0.118 e. The third kappa shape index (κ3) is 2.86. The predicted molar refractivity (Wildman–Crippen MR) is 75.9 cm³/mol. The minimum Gasteiger partial charge on any atom is -0.463 e. The molecule has 0 bridgehead atoms. The van der Waals surface area contributed by atoms with E-state index in [4.69, 9.17) is 4.42 Å². The molecule has 2 atom stereocenters. The molecule has 0 saturated carbocycles. The van der Waals surface area contributed by atoms with Crippen molar-refractivity contribution in [3.8, 4) is 0 Å². The van der Waals surface area contributed by atoms with Crippen molar-refractivity contribution in [1.82, 2.24) is 15.1 Å². The van der Waals surface area contributed by atoms with Gasteiger partial charge in [0.1, 0.15) is 11.5 Å². The zero-order valence-electron chi connectivity index (χ0n) is 12.1. The van der Waals surface area contributed by atoms with Gasteiger partial charge in [-0.05, 0) is 45.5 Å². The van der Waals surface area contributed by atoms with Crippen molar-refractivity contribution in [3.63, 3.8) is 0 Å². The molecule has 2 aliphatic heterocycles. The fourth-order valence-electron chi connectivity index (χ4n) is 3.44. The van der Waals surface area contributed by atoms with Crippen molar-refractivity contribution >= 4 is 0 Å². The Morgan fingerprint density at radius 2 is 2.16 bits per heavy atom. The third-order valence-electron chi connectivity index (χ3n) is 4.49. The maximum absolute atomic E-state index is 5.87. The van der Waals surface area contributed by atoms with E-state index in [1.807, 2.05) is 7.05 Å². The maximum atomic E-state index is 5.87. The highest BCUT2D eigenvalue weighted by atomic mass is 16.3. The Balaban J connectivity index is 1.61. The van der Waals surface area contributed by atoms with Crippen LogP contribution >= 0.6 is 0 Å². The van der Waals surface area contributed by atoms with Gasteiger partial charge in [0.25, 0.3) is 0 Å². The fraction of sp³-hybridized carbons (Fsp3) is 0.733. The molecule has 106 valence electrons. The first-order valence-electron chi connectivity index (χ1n) is 7.46. The van der Waals surface area contributed by atoms with Crippen molar-refractivity contribution in [2.75, 3.05) is 26.7 Å². The number of piperazine rings is 1. The topological polar surface area (TPSA) is 31.6 Å². The summed E-state index contributed by atoms with van der Waals surface area (Å²) in [6, 6.07) is 5.62. The van der Waals surface area contributed by atoms with Gasteiger partial charge in [0.15, 0.2) is 0 Å². The van der Waals surface area contributed by atoms with Gasteiger partial charge < -0.3 is 9.73 Å². The molecule has 2 saturated heterocycles. The van der Waals surface area contributed by atoms with Gasteiger partial charge in [-0.3, -0.25) is 9.80 Å². The molecular formula is C15H25N3O. The average Bonchev–Trinajstić information content (AvgIpc) is 2.99. The first kappa shape index (κ1) is 13.2. The lowest BCUT2D eigenvalue weighted by Gasteiger charge is -2.41. The molecule has 0 aromatic carbocycles. The molecule has 2 unspecified atom stereocenters. The molecule has 1 aromatic rings. The molecule has 19 heavy (non-hydrogen) atoms. The second-order valence-corrected chi connectivity index (χ2v) is 5.97. The van der Waals surface area contributed by atoms with E-state index in [1.54, 1.807) is 0 Å². The van der Waals surface area contributed by atoms with Crippen LogP contribution in [0.3, 0.4) is 0 Å². The van der Waals surface area contributed by atoms with Crippen molar-refractivity contribution < 1.29 is 4.42 Å². The highest BCUT2D eigenvalue weighted by Crippen LogP contribution is 2.26. The molecule has 2 aliphatic rings. The van der Waals surface area contributed by atoms with E-state index in [0.717, 1.165) is 30.7 Å². The van der Waals surface area contributed by atoms with Crippen LogP contribution in [0.4, 0.5) is 0 Å². The van der Waals surface area contributed by atoms with Crippen LogP contribution in [0.15, 0.2) is 16.5 Å². The van der Waals surface area contributed by atoms with Gasteiger partial charge in [-0.25, -0.2) is 0 Å². The number of furan rings is 1. The van der Waals surface area contributed by atoms with E-state index in [0.29, 0.717) is 6.04 Å². The fourth-order valence-corrected chi connectivity index (χ4v) is 3.44. The van der Waals surface area contributed by atoms with E-state index in [2.05, 4.69) is 34.2 Å². The molecule has 3 rings (SSSR count). The molecule has 3 heterocycles. The molecule has 0 aliphatic carbocycles. The number of nitrogens with zero attached hydrogens (tertiary/aromatic N) is 2. The highest BCUT2D eigenvalue weighted by Gasteiger charge is 2.34. The number of hydrogen-bond acceptors (Lipinski definition) is 4. The van der Waals surface area contributed by atoms with Crippen molar-refractivity contribution in [3.05, 3.63) is 23.7 Å². The average molecular weight is 263 g/mol. The van der Waals surface area contributed by atoms with E-state index < -0.39 is 0 Å². The molecule has 0 amide bonds. The van der Waals surface area contributed by atoms with Gasteiger partial charge in [0, 0.05) is 25.2 Å². The summed E-state index contributed by atoms with van der Waals surface area (Å²) in [5, 5.41) is 3.13. The summed E-state index contributed by atoms with van der Waals surface area (Å²) in [5.41, 5.74) is 0. The van der Waals surface area contributed by atoms with Gasteiger partial charge in [-0.1, -0.05) is 0 Å². The molecule has 2 fully saturated rings. The zero-order chi connectivity index (χ0) is 13.2. The molecule has 0 spiro atoms. The molecule has 4 nitrogen and oxygen atoms in total. The summed E-state index contributed by atoms with van der Waals surface area (Å²) < 4.78 is 5.87. The van der Waals surface area contributed by atoms with Crippen LogP contribution in [0, 0.1) is 0 Å². The summed E-state index contributed by atoms with van der Waals surface area (Å²) in [4.78, 5) is 5.24. The van der Waals surface area contributed by atoms with Crippen molar-refractivity contribution in [2.45, 2.75) is 44.9 Å². The van der Waals surface area contributed by atoms with Crippen molar-refractivity contribution in [2.24, 2.45) is 0 Å². The molecular weight excluding hydrogens is 238 g/mol. The highest BCUT2D eigenvalue weighted by molar-refractivity contribution is 5.07. The number of nitrogens with one attached hydrogen (secondary N) is 1. The molecule has 0 radical (unpaired) electrons. The van der Waals surface area contributed by atoms with Gasteiger partial charge in [-0.2, -0.15) is 0 Å². The SMILES string of the molecule is CNCc1ccc(CN2CC3CCCN3CC2C)o1. The molecule has 1 aromatic heterocycles. The van der Waals surface area contributed by atoms with Gasteiger partial charge in [0.05, 0.1) is 13.1 Å². The Labute approximate surface area is 115 Å². The van der Waals surface area contributed by atoms with Crippen LogP contribution < -0.4 is 5.32 Å². The number of fused-ring (bicyclic) bond motifs is 1. The lowest BCUT2D eigenvalue weighted by molar-refractivity contribution is 0.0491. The van der Waals surface area contributed by atoms with Crippen LogP contribution in [-0.2, 0) is 13.1 Å². The monoisotopic (exact) mass is 263 g/mol. The minimum absolute atomic E-state index is 0.632. The summed E-state index contributed by atoms with van der Waals surface area (Å²) in [6.07, 6.45) is 2.74. The Hall–Kier alpha value is -0.840. The largest absolute Gasteiger partial charge is 0.463 e. The van der Waals surface area contributed by atoms with E-state index in [-0.39, 0.29) is 0 Å². The summed E-state index contributed by atoms with van der Waals surface area (Å²) in [7, 11) is 1.95. The zero-order valence-corrected chi connectivity index (χ0v) is 12.1. The van der Waals surface area contributed by atoms with E-state index in [9.17, 15) is 0 Å².